The van der Waals surface area contributed by atoms with Crippen molar-refractivity contribution in [2.45, 2.75) is 38.4 Å². The first-order valence-corrected chi connectivity index (χ1v) is 7.01. The van der Waals surface area contributed by atoms with Gasteiger partial charge < -0.3 is 13.9 Å². The Morgan fingerprint density at radius 3 is 2.85 bits per heavy atom. The van der Waals surface area contributed by atoms with E-state index in [0.717, 1.165) is 12.0 Å². The molecule has 1 aromatic heterocycles. The van der Waals surface area contributed by atoms with Crippen LogP contribution in [0.2, 0.25) is 0 Å². The van der Waals surface area contributed by atoms with Crippen molar-refractivity contribution in [1.29, 1.82) is 0 Å². The van der Waals surface area contributed by atoms with Crippen LogP contribution in [-0.2, 0) is 19.1 Å². The molecule has 0 unspecified atom stereocenters. The van der Waals surface area contributed by atoms with E-state index < -0.39 is 5.41 Å². The second-order valence-electron chi connectivity index (χ2n) is 6.32. The van der Waals surface area contributed by atoms with Crippen LogP contribution < -0.4 is 0 Å². The molecule has 3 fully saturated rings. The number of ether oxygens (including phenoxy) is 2. The van der Waals surface area contributed by atoms with Crippen molar-refractivity contribution in [1.82, 2.24) is 0 Å². The number of furan rings is 1. The summed E-state index contributed by atoms with van der Waals surface area (Å²) < 4.78 is 16.0. The Bertz CT molecular complexity index is 563. The van der Waals surface area contributed by atoms with Crippen LogP contribution in [0.4, 0.5) is 0 Å². The van der Waals surface area contributed by atoms with E-state index in [0.29, 0.717) is 12.8 Å². The predicted octanol–water partition coefficient (Wildman–Crippen LogP) is 2.23. The molecule has 4 rings (SSSR count). The molecule has 2 bridgehead atoms. The fourth-order valence-electron chi connectivity index (χ4n) is 4.06. The molecule has 20 heavy (non-hydrogen) atoms. The predicted molar refractivity (Wildman–Crippen MR) is 66.4 cm³/mol. The molecule has 0 aromatic carbocycles. The number of fused-ring (bicyclic) bond motifs is 4. The van der Waals surface area contributed by atoms with Crippen molar-refractivity contribution in [3.05, 3.63) is 24.2 Å². The number of cyclic esters (lactones) is 1. The highest BCUT2D eigenvalue weighted by Crippen LogP contribution is 2.56. The quantitative estimate of drug-likeness (QED) is 0.736. The molecular weight excluding hydrogens is 260 g/mol. The van der Waals surface area contributed by atoms with E-state index in [9.17, 15) is 9.59 Å². The third kappa shape index (κ3) is 1.49. The smallest absolute Gasteiger partial charge is 0.312 e. The summed E-state index contributed by atoms with van der Waals surface area (Å²) in [4.78, 5) is 24.4. The molecule has 0 radical (unpaired) electrons. The van der Waals surface area contributed by atoms with Gasteiger partial charge in [0, 0.05) is 12.0 Å². The minimum absolute atomic E-state index is 0.00472. The standard InChI is InChI=1S/C15H16O5/c1-15-6-9(19-14(15)17)4-10-11(15)5-12(20-13(10)16)8-2-3-18-7-8/h2-3,7,9-12H,4-6H2,1H3/t9-,10+,11+,12-,15-/m1/s1. The van der Waals surface area contributed by atoms with E-state index in [1.807, 2.05) is 6.92 Å². The Balaban J connectivity index is 1.69. The molecule has 2 saturated heterocycles. The third-order valence-corrected chi connectivity index (χ3v) is 5.16. The highest BCUT2D eigenvalue weighted by Gasteiger charge is 2.61. The maximum Gasteiger partial charge on any atom is 0.312 e. The van der Waals surface area contributed by atoms with Gasteiger partial charge in [-0.3, -0.25) is 9.59 Å². The van der Waals surface area contributed by atoms with Gasteiger partial charge in [-0.25, -0.2) is 0 Å². The molecule has 1 aromatic rings. The molecule has 3 heterocycles. The van der Waals surface area contributed by atoms with Gasteiger partial charge in [0.1, 0.15) is 12.2 Å². The van der Waals surface area contributed by atoms with Gasteiger partial charge in [0.05, 0.1) is 23.9 Å². The van der Waals surface area contributed by atoms with Crippen LogP contribution in [-0.4, -0.2) is 18.0 Å². The number of rotatable bonds is 1. The second-order valence-corrected chi connectivity index (χ2v) is 6.32. The molecule has 1 aliphatic carbocycles. The van der Waals surface area contributed by atoms with Crippen LogP contribution in [0, 0.1) is 17.3 Å². The maximum atomic E-state index is 12.3. The van der Waals surface area contributed by atoms with E-state index >= 15 is 0 Å². The van der Waals surface area contributed by atoms with Crippen LogP contribution in [0.5, 0.6) is 0 Å². The third-order valence-electron chi connectivity index (χ3n) is 5.16. The first kappa shape index (κ1) is 12.0. The normalized spacial score (nSPS) is 42.9. The van der Waals surface area contributed by atoms with Gasteiger partial charge in [-0.2, -0.15) is 0 Å². The summed E-state index contributed by atoms with van der Waals surface area (Å²) in [7, 11) is 0. The molecule has 0 N–H and O–H groups in total. The Hall–Kier alpha value is -1.78. The Morgan fingerprint density at radius 2 is 2.10 bits per heavy atom. The molecule has 3 aliphatic rings. The number of carbonyl (C=O) groups is 2. The second kappa shape index (κ2) is 3.87. The summed E-state index contributed by atoms with van der Waals surface area (Å²) in [5, 5.41) is 0. The summed E-state index contributed by atoms with van der Waals surface area (Å²) in [5.41, 5.74) is 0.309. The van der Waals surface area contributed by atoms with E-state index in [4.69, 9.17) is 13.9 Å². The van der Waals surface area contributed by atoms with Crippen LogP contribution in [0.25, 0.3) is 0 Å². The largest absolute Gasteiger partial charge is 0.472 e. The molecule has 5 heteroatoms. The van der Waals surface area contributed by atoms with Crippen molar-refractivity contribution in [2.24, 2.45) is 17.3 Å². The molecule has 0 amide bonds. The summed E-state index contributed by atoms with van der Waals surface area (Å²) in [6.07, 6.45) is 4.71. The molecule has 5 nitrogen and oxygen atoms in total. The molecule has 1 saturated carbocycles. The first-order chi connectivity index (χ1) is 9.58. The highest BCUT2D eigenvalue weighted by molar-refractivity contribution is 5.83. The lowest BCUT2D eigenvalue weighted by atomic mass is 9.60. The van der Waals surface area contributed by atoms with Gasteiger partial charge in [-0.05, 0) is 31.7 Å². The lowest BCUT2D eigenvalue weighted by Gasteiger charge is -2.43. The van der Waals surface area contributed by atoms with Crippen molar-refractivity contribution in [2.75, 3.05) is 0 Å². The fraction of sp³-hybridized carbons (Fsp3) is 0.600. The number of hydrogen-bond acceptors (Lipinski definition) is 5. The van der Waals surface area contributed by atoms with Crippen LogP contribution in [0.1, 0.15) is 37.9 Å². The number of hydrogen-bond donors (Lipinski definition) is 0. The topological polar surface area (TPSA) is 65.7 Å². The van der Waals surface area contributed by atoms with E-state index in [1.165, 1.54) is 0 Å². The van der Waals surface area contributed by atoms with Crippen molar-refractivity contribution in [3.8, 4) is 0 Å². The van der Waals surface area contributed by atoms with Gasteiger partial charge in [0.15, 0.2) is 0 Å². The first-order valence-electron chi connectivity index (χ1n) is 7.01. The van der Waals surface area contributed by atoms with Crippen LogP contribution in [0.3, 0.4) is 0 Å². The SMILES string of the molecule is C[C@@]12C[C@@H](C[C@@H]3C(=O)O[C@@H](c4ccoc4)C[C@@H]31)OC2=O. The Morgan fingerprint density at radius 1 is 1.25 bits per heavy atom. The zero-order valence-corrected chi connectivity index (χ0v) is 11.2. The summed E-state index contributed by atoms with van der Waals surface area (Å²) in [6.45, 7) is 1.93. The fourth-order valence-corrected chi connectivity index (χ4v) is 4.06. The van der Waals surface area contributed by atoms with Crippen molar-refractivity contribution in [3.63, 3.8) is 0 Å². The molecule has 106 valence electrons. The van der Waals surface area contributed by atoms with Crippen LogP contribution in [0.15, 0.2) is 23.0 Å². The zero-order chi connectivity index (χ0) is 13.9. The Kier molecular flexibility index (Phi) is 2.32. The maximum absolute atomic E-state index is 12.3. The lowest BCUT2D eigenvalue weighted by Crippen LogP contribution is -2.47. The summed E-state index contributed by atoms with van der Waals surface area (Å²) >= 11 is 0. The highest BCUT2D eigenvalue weighted by atomic mass is 16.6. The van der Waals surface area contributed by atoms with Gasteiger partial charge in [-0.1, -0.05) is 0 Å². The Labute approximate surface area is 116 Å². The lowest BCUT2D eigenvalue weighted by molar-refractivity contribution is -0.174. The molecular formula is C15H16O5. The molecule has 5 atom stereocenters. The number of carbonyl (C=O) groups excluding carboxylic acids is 2. The minimum atomic E-state index is -0.547. The van der Waals surface area contributed by atoms with Gasteiger partial charge >= 0.3 is 11.9 Å². The molecule has 0 spiro atoms. The van der Waals surface area contributed by atoms with Crippen molar-refractivity contribution < 1.29 is 23.5 Å². The van der Waals surface area contributed by atoms with Gasteiger partial charge in [-0.15, -0.1) is 0 Å². The summed E-state index contributed by atoms with van der Waals surface area (Å²) in [5.74, 6) is -0.583. The monoisotopic (exact) mass is 276 g/mol. The van der Waals surface area contributed by atoms with Gasteiger partial charge in [0.2, 0.25) is 0 Å². The van der Waals surface area contributed by atoms with Crippen LogP contribution >= 0.6 is 0 Å². The van der Waals surface area contributed by atoms with Gasteiger partial charge in [0.25, 0.3) is 0 Å². The minimum Gasteiger partial charge on any atom is -0.472 e. The molecule has 2 aliphatic heterocycles. The van der Waals surface area contributed by atoms with E-state index in [1.54, 1.807) is 18.6 Å². The van der Waals surface area contributed by atoms with E-state index in [2.05, 4.69) is 0 Å². The average molecular weight is 276 g/mol. The summed E-state index contributed by atoms with van der Waals surface area (Å²) in [6, 6.07) is 1.80. The average Bonchev–Trinajstić information content (AvgIpc) is 3.00. The number of esters is 2. The van der Waals surface area contributed by atoms with Crippen molar-refractivity contribution >= 4 is 11.9 Å². The van der Waals surface area contributed by atoms with E-state index in [-0.39, 0.29) is 36.0 Å². The zero-order valence-electron chi connectivity index (χ0n) is 11.2.